The van der Waals surface area contributed by atoms with Crippen molar-refractivity contribution >= 4 is 17.5 Å². The number of rotatable bonds is 5. The van der Waals surface area contributed by atoms with Crippen LogP contribution in [0.2, 0.25) is 0 Å². The monoisotopic (exact) mass is 283 g/mol. The van der Waals surface area contributed by atoms with Gasteiger partial charge in [0.1, 0.15) is 0 Å². The molecule has 0 bridgehead atoms. The Labute approximate surface area is 123 Å². The lowest BCUT2D eigenvalue weighted by atomic mass is 10.1. The fourth-order valence-electron chi connectivity index (χ4n) is 1.91. The van der Waals surface area contributed by atoms with Gasteiger partial charge in [0.2, 0.25) is 5.91 Å². The van der Waals surface area contributed by atoms with Crippen molar-refractivity contribution in [1.82, 2.24) is 0 Å². The van der Waals surface area contributed by atoms with Crippen LogP contribution in [0.15, 0.2) is 48.5 Å². The third-order valence-electron chi connectivity index (χ3n) is 3.08. The molecule has 0 aliphatic heterocycles. The molecule has 5 nitrogen and oxygen atoms in total. The van der Waals surface area contributed by atoms with Gasteiger partial charge in [0, 0.05) is 16.8 Å². The van der Waals surface area contributed by atoms with Crippen molar-refractivity contribution in [3.63, 3.8) is 0 Å². The van der Waals surface area contributed by atoms with E-state index in [1.807, 2.05) is 12.1 Å². The van der Waals surface area contributed by atoms with E-state index in [9.17, 15) is 9.59 Å². The molecule has 0 spiro atoms. The number of primary amides is 1. The predicted molar refractivity (Wildman–Crippen MR) is 82.1 cm³/mol. The molecule has 0 fully saturated rings. The van der Waals surface area contributed by atoms with Crippen LogP contribution in [0.25, 0.3) is 0 Å². The summed E-state index contributed by atoms with van der Waals surface area (Å²) in [6.07, 6.45) is 0.788. The number of hydrogen-bond donors (Lipinski definition) is 3. The number of nitrogens with one attached hydrogen (secondary N) is 1. The zero-order valence-corrected chi connectivity index (χ0v) is 11.5. The van der Waals surface area contributed by atoms with Gasteiger partial charge < -0.3 is 16.8 Å². The third-order valence-corrected chi connectivity index (χ3v) is 3.08. The van der Waals surface area contributed by atoms with E-state index in [2.05, 4.69) is 5.32 Å². The summed E-state index contributed by atoms with van der Waals surface area (Å²) in [5.74, 6) is -0.704. The first-order valence-electron chi connectivity index (χ1n) is 6.60. The van der Waals surface area contributed by atoms with Gasteiger partial charge in [-0.25, -0.2) is 0 Å². The van der Waals surface area contributed by atoms with Crippen LogP contribution in [0.4, 0.5) is 5.69 Å². The minimum atomic E-state index is -0.497. The van der Waals surface area contributed by atoms with E-state index in [1.165, 1.54) is 0 Å². The molecule has 0 unspecified atom stereocenters. The summed E-state index contributed by atoms with van der Waals surface area (Å²) >= 11 is 0. The third kappa shape index (κ3) is 3.90. The Morgan fingerprint density at radius 1 is 0.905 bits per heavy atom. The first-order chi connectivity index (χ1) is 10.1. The molecule has 0 heterocycles. The first-order valence-corrected chi connectivity index (χ1v) is 6.60. The lowest BCUT2D eigenvalue weighted by molar-refractivity contribution is 0.0998. The molecular weight excluding hydrogens is 266 g/mol. The molecule has 0 aromatic heterocycles. The van der Waals surface area contributed by atoms with Crippen LogP contribution in [-0.4, -0.2) is 18.4 Å². The molecule has 5 heteroatoms. The number of hydrogen-bond acceptors (Lipinski definition) is 3. The lowest BCUT2D eigenvalue weighted by Gasteiger charge is -2.06. The van der Waals surface area contributed by atoms with Crippen molar-refractivity contribution in [2.45, 2.75) is 6.42 Å². The summed E-state index contributed by atoms with van der Waals surface area (Å²) in [4.78, 5) is 23.0. The number of nitrogens with two attached hydrogens (primary N) is 2. The van der Waals surface area contributed by atoms with Crippen molar-refractivity contribution in [3.8, 4) is 0 Å². The van der Waals surface area contributed by atoms with Crippen molar-refractivity contribution in [2.75, 3.05) is 11.9 Å². The largest absolute Gasteiger partial charge is 0.366 e. The van der Waals surface area contributed by atoms with Crippen molar-refractivity contribution in [1.29, 1.82) is 0 Å². The highest BCUT2D eigenvalue weighted by Crippen LogP contribution is 2.12. The maximum absolute atomic E-state index is 12.1. The van der Waals surface area contributed by atoms with Crippen LogP contribution in [0, 0.1) is 0 Å². The Morgan fingerprint density at radius 3 is 2.00 bits per heavy atom. The zero-order chi connectivity index (χ0) is 15.2. The summed E-state index contributed by atoms with van der Waals surface area (Å²) in [6.45, 7) is 0.581. The first kappa shape index (κ1) is 14.7. The minimum Gasteiger partial charge on any atom is -0.366 e. The minimum absolute atomic E-state index is 0.207. The van der Waals surface area contributed by atoms with E-state index in [-0.39, 0.29) is 5.91 Å². The number of carbonyl (C=O) groups is 2. The molecule has 2 rings (SSSR count). The second kappa shape index (κ2) is 6.67. The van der Waals surface area contributed by atoms with Gasteiger partial charge in [-0.3, -0.25) is 9.59 Å². The lowest BCUT2D eigenvalue weighted by Crippen LogP contribution is -2.13. The second-order valence-electron chi connectivity index (χ2n) is 4.63. The average Bonchev–Trinajstić information content (AvgIpc) is 2.49. The van der Waals surface area contributed by atoms with Crippen LogP contribution in [0.1, 0.15) is 26.3 Å². The van der Waals surface area contributed by atoms with Crippen LogP contribution in [-0.2, 0) is 6.42 Å². The second-order valence-corrected chi connectivity index (χ2v) is 4.63. The molecule has 2 aromatic carbocycles. The Bertz CT molecular complexity index is 634. The van der Waals surface area contributed by atoms with Crippen molar-refractivity contribution < 1.29 is 9.59 Å². The SMILES string of the molecule is NCCc1ccc(C(=O)Nc2ccc(C(N)=O)cc2)cc1. The smallest absolute Gasteiger partial charge is 0.255 e. The number of carbonyl (C=O) groups excluding carboxylic acids is 2. The van der Waals surface area contributed by atoms with Gasteiger partial charge in [-0.2, -0.15) is 0 Å². The molecule has 0 aliphatic rings. The van der Waals surface area contributed by atoms with Crippen LogP contribution >= 0.6 is 0 Å². The highest BCUT2D eigenvalue weighted by atomic mass is 16.2. The Kier molecular flexibility index (Phi) is 4.68. The fraction of sp³-hybridized carbons (Fsp3) is 0.125. The molecule has 2 aromatic rings. The van der Waals surface area contributed by atoms with E-state index in [1.54, 1.807) is 36.4 Å². The summed E-state index contributed by atoms with van der Waals surface area (Å²) in [7, 11) is 0. The fourth-order valence-corrected chi connectivity index (χ4v) is 1.91. The highest BCUT2D eigenvalue weighted by Gasteiger charge is 2.06. The van der Waals surface area contributed by atoms with Gasteiger partial charge in [0.15, 0.2) is 0 Å². The van der Waals surface area contributed by atoms with Gasteiger partial charge in [-0.05, 0) is 54.9 Å². The van der Waals surface area contributed by atoms with E-state index in [0.29, 0.717) is 23.4 Å². The molecule has 0 saturated carbocycles. The molecule has 0 radical (unpaired) electrons. The topological polar surface area (TPSA) is 98.2 Å². The highest BCUT2D eigenvalue weighted by molar-refractivity contribution is 6.04. The molecular formula is C16H17N3O2. The summed E-state index contributed by atoms with van der Waals surface area (Å²) in [6, 6.07) is 13.7. The summed E-state index contributed by atoms with van der Waals surface area (Å²) < 4.78 is 0. The van der Waals surface area contributed by atoms with Gasteiger partial charge in [0.25, 0.3) is 5.91 Å². The molecule has 5 N–H and O–H groups in total. The Morgan fingerprint density at radius 2 is 1.48 bits per heavy atom. The van der Waals surface area contributed by atoms with Crippen LogP contribution in [0.3, 0.4) is 0 Å². The van der Waals surface area contributed by atoms with Gasteiger partial charge in [-0.1, -0.05) is 12.1 Å². The molecule has 0 atom stereocenters. The molecule has 21 heavy (non-hydrogen) atoms. The van der Waals surface area contributed by atoms with E-state index < -0.39 is 5.91 Å². The van der Waals surface area contributed by atoms with Crippen LogP contribution in [0.5, 0.6) is 0 Å². The molecule has 0 aliphatic carbocycles. The van der Waals surface area contributed by atoms with E-state index >= 15 is 0 Å². The standard InChI is InChI=1S/C16H17N3O2/c17-10-9-11-1-3-13(4-2-11)16(21)19-14-7-5-12(6-8-14)15(18)20/h1-8H,9-10,17H2,(H2,18,20)(H,19,21). The number of anilines is 1. The van der Waals surface area contributed by atoms with E-state index in [4.69, 9.17) is 11.5 Å². The maximum Gasteiger partial charge on any atom is 0.255 e. The normalized spacial score (nSPS) is 10.1. The molecule has 108 valence electrons. The number of amides is 2. The summed E-state index contributed by atoms with van der Waals surface area (Å²) in [5.41, 5.74) is 13.3. The van der Waals surface area contributed by atoms with Gasteiger partial charge in [0.05, 0.1) is 0 Å². The van der Waals surface area contributed by atoms with E-state index in [0.717, 1.165) is 12.0 Å². The van der Waals surface area contributed by atoms with Gasteiger partial charge >= 0.3 is 0 Å². The number of benzene rings is 2. The summed E-state index contributed by atoms with van der Waals surface area (Å²) in [5, 5.41) is 2.76. The maximum atomic E-state index is 12.1. The Balaban J connectivity index is 2.05. The van der Waals surface area contributed by atoms with Crippen molar-refractivity contribution in [3.05, 3.63) is 65.2 Å². The molecule has 0 saturated heterocycles. The quantitative estimate of drug-likeness (QED) is 0.776. The Hall–Kier alpha value is -2.66. The van der Waals surface area contributed by atoms with Gasteiger partial charge in [-0.15, -0.1) is 0 Å². The molecule has 2 amide bonds. The van der Waals surface area contributed by atoms with Crippen LogP contribution < -0.4 is 16.8 Å². The van der Waals surface area contributed by atoms with Crippen molar-refractivity contribution in [2.24, 2.45) is 11.5 Å². The zero-order valence-electron chi connectivity index (χ0n) is 11.5. The predicted octanol–water partition coefficient (Wildman–Crippen LogP) is 1.54. The average molecular weight is 283 g/mol.